The highest BCUT2D eigenvalue weighted by atomic mass is 16.3. The Morgan fingerprint density at radius 2 is 2.04 bits per heavy atom. The first-order chi connectivity index (χ1) is 10.9. The van der Waals surface area contributed by atoms with Gasteiger partial charge in [-0.05, 0) is 87.2 Å². The highest BCUT2D eigenvalue weighted by molar-refractivity contribution is 5.36. The SMILES string of the molecule is CC1=C(/C=C/C2=CCC[C@]3(C)[C@@H](C(C)O)CC[C@@H]23)C[C@@H](O)CC1. The molecule has 0 heterocycles. The van der Waals surface area contributed by atoms with Gasteiger partial charge in [0, 0.05) is 0 Å². The summed E-state index contributed by atoms with van der Waals surface area (Å²) in [7, 11) is 0. The zero-order valence-electron chi connectivity index (χ0n) is 14.9. The van der Waals surface area contributed by atoms with Crippen LogP contribution in [0.25, 0.3) is 0 Å². The Morgan fingerprint density at radius 1 is 1.26 bits per heavy atom. The third-order valence-electron chi connectivity index (χ3n) is 6.79. The Balaban J connectivity index is 1.79. The molecule has 5 atom stereocenters. The van der Waals surface area contributed by atoms with Gasteiger partial charge in [0.1, 0.15) is 0 Å². The molecule has 0 aromatic carbocycles. The van der Waals surface area contributed by atoms with E-state index in [0.29, 0.717) is 11.8 Å². The Bertz CT molecular complexity index is 540. The van der Waals surface area contributed by atoms with Crippen LogP contribution in [0.4, 0.5) is 0 Å². The highest BCUT2D eigenvalue weighted by Crippen LogP contribution is 2.57. The molecule has 1 fully saturated rings. The summed E-state index contributed by atoms with van der Waals surface area (Å²) in [6, 6.07) is 0. The van der Waals surface area contributed by atoms with Gasteiger partial charge in [-0.1, -0.05) is 30.7 Å². The molecule has 1 saturated carbocycles. The second-order valence-electron chi connectivity index (χ2n) is 8.26. The van der Waals surface area contributed by atoms with Crippen LogP contribution >= 0.6 is 0 Å². The van der Waals surface area contributed by atoms with Gasteiger partial charge in [-0.2, -0.15) is 0 Å². The van der Waals surface area contributed by atoms with Crippen molar-refractivity contribution in [1.82, 2.24) is 0 Å². The third-order valence-corrected chi connectivity index (χ3v) is 6.79. The van der Waals surface area contributed by atoms with Crippen LogP contribution in [-0.2, 0) is 0 Å². The minimum Gasteiger partial charge on any atom is -0.393 e. The topological polar surface area (TPSA) is 40.5 Å². The maximum atomic E-state index is 10.2. The number of hydrogen-bond donors (Lipinski definition) is 2. The summed E-state index contributed by atoms with van der Waals surface area (Å²) in [5.41, 5.74) is 4.46. The summed E-state index contributed by atoms with van der Waals surface area (Å²) in [4.78, 5) is 0. The number of aliphatic hydroxyl groups is 2. The van der Waals surface area contributed by atoms with E-state index in [4.69, 9.17) is 0 Å². The lowest BCUT2D eigenvalue weighted by atomic mass is 9.64. The van der Waals surface area contributed by atoms with E-state index in [9.17, 15) is 10.2 Å². The van der Waals surface area contributed by atoms with E-state index in [2.05, 4.69) is 32.1 Å². The molecule has 3 rings (SSSR count). The maximum Gasteiger partial charge on any atom is 0.0583 e. The summed E-state index contributed by atoms with van der Waals surface area (Å²) in [5, 5.41) is 20.1. The molecule has 0 amide bonds. The van der Waals surface area contributed by atoms with Gasteiger partial charge in [0.05, 0.1) is 12.2 Å². The van der Waals surface area contributed by atoms with E-state index < -0.39 is 0 Å². The number of aliphatic hydroxyl groups excluding tert-OH is 2. The molecule has 0 saturated heterocycles. The molecule has 0 aliphatic heterocycles. The molecule has 0 aromatic rings. The minimum atomic E-state index is -0.202. The van der Waals surface area contributed by atoms with Gasteiger partial charge in [-0.15, -0.1) is 0 Å². The summed E-state index contributed by atoms with van der Waals surface area (Å²) in [6.07, 6.45) is 14.0. The molecule has 0 aromatic heterocycles. The first-order valence-corrected chi connectivity index (χ1v) is 9.34. The monoisotopic (exact) mass is 316 g/mol. The summed E-state index contributed by atoms with van der Waals surface area (Å²) >= 11 is 0. The van der Waals surface area contributed by atoms with Crippen LogP contribution in [0.1, 0.15) is 65.7 Å². The molecule has 0 radical (unpaired) electrons. The number of rotatable bonds is 3. The Labute approximate surface area is 141 Å². The molecule has 3 aliphatic rings. The largest absolute Gasteiger partial charge is 0.393 e. The lowest BCUT2D eigenvalue weighted by molar-refractivity contribution is 0.0372. The fraction of sp³-hybridized carbons (Fsp3) is 0.714. The van der Waals surface area contributed by atoms with Crippen LogP contribution in [0.2, 0.25) is 0 Å². The molecule has 1 unspecified atom stereocenters. The van der Waals surface area contributed by atoms with Gasteiger partial charge in [-0.25, -0.2) is 0 Å². The highest BCUT2D eigenvalue weighted by Gasteiger charge is 2.49. The molecule has 128 valence electrons. The lowest BCUT2D eigenvalue weighted by Gasteiger charge is -2.41. The quantitative estimate of drug-likeness (QED) is 0.802. The van der Waals surface area contributed by atoms with Crippen molar-refractivity contribution in [3.05, 3.63) is 34.9 Å². The van der Waals surface area contributed by atoms with Gasteiger partial charge >= 0.3 is 0 Å². The summed E-state index contributed by atoms with van der Waals surface area (Å²) in [5.74, 6) is 1.02. The second-order valence-corrected chi connectivity index (χ2v) is 8.26. The fourth-order valence-electron chi connectivity index (χ4n) is 5.32. The van der Waals surface area contributed by atoms with E-state index in [1.54, 1.807) is 0 Å². The molecule has 3 aliphatic carbocycles. The Morgan fingerprint density at radius 3 is 2.78 bits per heavy atom. The average molecular weight is 316 g/mol. The summed E-state index contributed by atoms with van der Waals surface area (Å²) < 4.78 is 0. The van der Waals surface area contributed by atoms with Gasteiger partial charge in [-0.3, -0.25) is 0 Å². The van der Waals surface area contributed by atoms with E-state index in [1.165, 1.54) is 29.6 Å². The van der Waals surface area contributed by atoms with Crippen LogP contribution in [0.15, 0.2) is 34.9 Å². The van der Waals surface area contributed by atoms with Crippen molar-refractivity contribution >= 4 is 0 Å². The maximum absolute atomic E-state index is 10.2. The Hall–Kier alpha value is -0.860. The standard InChI is InChI=1S/C21H32O2/c1-14-6-9-18(23)13-17(14)8-7-16-5-4-12-21(3)19(15(2)22)10-11-20(16)21/h5,7-8,15,18-20,22-23H,4,6,9-13H2,1-3H3/b8-7+/t15?,18-,19+,20-,21+/m0/s1. The third kappa shape index (κ3) is 3.21. The molecule has 0 spiro atoms. The zero-order chi connectivity index (χ0) is 16.6. The second kappa shape index (κ2) is 6.57. The van der Waals surface area contributed by atoms with Crippen molar-refractivity contribution in [3.8, 4) is 0 Å². The van der Waals surface area contributed by atoms with Crippen molar-refractivity contribution in [2.24, 2.45) is 17.3 Å². The number of fused-ring (bicyclic) bond motifs is 1. The average Bonchev–Trinajstić information content (AvgIpc) is 2.86. The van der Waals surface area contributed by atoms with E-state index in [0.717, 1.165) is 32.1 Å². The van der Waals surface area contributed by atoms with Crippen molar-refractivity contribution in [3.63, 3.8) is 0 Å². The fourth-order valence-corrected chi connectivity index (χ4v) is 5.32. The van der Waals surface area contributed by atoms with Crippen molar-refractivity contribution in [2.75, 3.05) is 0 Å². The lowest BCUT2D eigenvalue weighted by Crippen LogP contribution is -2.36. The van der Waals surface area contributed by atoms with Gasteiger partial charge in [0.25, 0.3) is 0 Å². The van der Waals surface area contributed by atoms with Gasteiger partial charge in [0.2, 0.25) is 0 Å². The van der Waals surface area contributed by atoms with Crippen LogP contribution < -0.4 is 0 Å². The predicted molar refractivity (Wildman–Crippen MR) is 95.0 cm³/mol. The number of allylic oxidation sites excluding steroid dienone is 5. The first-order valence-electron chi connectivity index (χ1n) is 9.34. The molecular formula is C21H32O2. The van der Waals surface area contributed by atoms with Crippen molar-refractivity contribution < 1.29 is 10.2 Å². The molecule has 2 heteroatoms. The predicted octanol–water partition coefficient (Wildman–Crippen LogP) is 4.54. The molecular weight excluding hydrogens is 284 g/mol. The zero-order valence-corrected chi connectivity index (χ0v) is 14.9. The van der Waals surface area contributed by atoms with Crippen LogP contribution in [-0.4, -0.2) is 22.4 Å². The van der Waals surface area contributed by atoms with E-state index in [-0.39, 0.29) is 17.6 Å². The minimum absolute atomic E-state index is 0.171. The van der Waals surface area contributed by atoms with Crippen molar-refractivity contribution in [2.45, 2.75) is 77.9 Å². The molecule has 0 bridgehead atoms. The van der Waals surface area contributed by atoms with E-state index in [1.807, 2.05) is 6.92 Å². The van der Waals surface area contributed by atoms with Crippen LogP contribution in [0.5, 0.6) is 0 Å². The Kier molecular flexibility index (Phi) is 4.85. The smallest absolute Gasteiger partial charge is 0.0583 e. The molecule has 23 heavy (non-hydrogen) atoms. The molecule has 2 N–H and O–H groups in total. The van der Waals surface area contributed by atoms with Crippen LogP contribution in [0.3, 0.4) is 0 Å². The van der Waals surface area contributed by atoms with Gasteiger partial charge < -0.3 is 10.2 Å². The summed E-state index contributed by atoms with van der Waals surface area (Å²) in [6.45, 7) is 6.55. The normalized spacial score (nSPS) is 39.5. The first kappa shape index (κ1) is 17.0. The van der Waals surface area contributed by atoms with Crippen molar-refractivity contribution in [1.29, 1.82) is 0 Å². The molecule has 2 nitrogen and oxygen atoms in total. The van der Waals surface area contributed by atoms with Gasteiger partial charge in [0.15, 0.2) is 0 Å². The number of hydrogen-bond acceptors (Lipinski definition) is 2. The van der Waals surface area contributed by atoms with E-state index >= 15 is 0 Å². The van der Waals surface area contributed by atoms with Crippen LogP contribution in [0, 0.1) is 17.3 Å².